The van der Waals surface area contributed by atoms with Crippen LogP contribution in [0.2, 0.25) is 0 Å². The van der Waals surface area contributed by atoms with Crippen LogP contribution in [0.1, 0.15) is 20.8 Å². The average molecular weight is 279 g/mol. The van der Waals surface area contributed by atoms with Crippen LogP contribution in [0.25, 0.3) is 0 Å². The number of rotatable bonds is 4. The molecule has 18 heavy (non-hydrogen) atoms. The van der Waals surface area contributed by atoms with Crippen molar-refractivity contribution >= 4 is 15.9 Å². The van der Waals surface area contributed by atoms with Gasteiger partial charge in [0.25, 0.3) is 0 Å². The quantitative estimate of drug-likeness (QED) is 0.798. The summed E-state index contributed by atoms with van der Waals surface area (Å²) in [5, 5.41) is 8.61. The van der Waals surface area contributed by atoms with E-state index in [2.05, 4.69) is 0 Å². The number of ether oxygens (including phenoxy) is 1. The predicted molar refractivity (Wildman–Crippen MR) is 67.0 cm³/mol. The van der Waals surface area contributed by atoms with E-state index in [0.717, 1.165) is 0 Å². The van der Waals surface area contributed by atoms with Gasteiger partial charge in [0.05, 0.1) is 18.1 Å². The van der Waals surface area contributed by atoms with E-state index < -0.39 is 21.5 Å². The van der Waals surface area contributed by atoms with Crippen LogP contribution >= 0.6 is 0 Å². The van der Waals surface area contributed by atoms with Crippen molar-refractivity contribution in [3.05, 3.63) is 0 Å². The first kappa shape index (κ1) is 15.2. The molecule has 0 aromatic rings. The zero-order chi connectivity index (χ0) is 14.0. The number of amides is 1. The highest BCUT2D eigenvalue weighted by molar-refractivity contribution is 7.91. The Morgan fingerprint density at radius 1 is 1.39 bits per heavy atom. The van der Waals surface area contributed by atoms with Crippen LogP contribution in [0.5, 0.6) is 0 Å². The molecule has 0 saturated carbocycles. The topological polar surface area (TPSA) is 83.9 Å². The number of sulfone groups is 1. The monoisotopic (exact) mass is 279 g/mol. The molecule has 0 aliphatic carbocycles. The van der Waals surface area contributed by atoms with Crippen molar-refractivity contribution in [2.45, 2.75) is 26.4 Å². The number of hydrogen-bond donors (Lipinski definition) is 1. The van der Waals surface area contributed by atoms with Crippen molar-refractivity contribution in [3.8, 4) is 0 Å². The van der Waals surface area contributed by atoms with Gasteiger partial charge in [-0.3, -0.25) is 0 Å². The average Bonchev–Trinajstić information content (AvgIpc) is 2.07. The van der Waals surface area contributed by atoms with E-state index in [1.807, 2.05) is 0 Å². The summed E-state index contributed by atoms with van der Waals surface area (Å²) in [6.07, 6.45) is -0.404. The normalized spacial score (nSPS) is 17.4. The number of hydrogen-bond acceptors (Lipinski definition) is 5. The van der Waals surface area contributed by atoms with E-state index in [1.54, 1.807) is 20.8 Å². The van der Waals surface area contributed by atoms with Crippen LogP contribution in [0.3, 0.4) is 0 Å². The third kappa shape index (κ3) is 4.81. The van der Waals surface area contributed by atoms with Crippen molar-refractivity contribution in [2.75, 3.05) is 31.2 Å². The van der Waals surface area contributed by atoms with Gasteiger partial charge < -0.3 is 14.7 Å². The van der Waals surface area contributed by atoms with Gasteiger partial charge in [0, 0.05) is 19.0 Å². The minimum Gasteiger partial charge on any atom is -0.444 e. The highest BCUT2D eigenvalue weighted by atomic mass is 32.2. The highest BCUT2D eigenvalue weighted by Crippen LogP contribution is 2.20. The lowest BCUT2D eigenvalue weighted by molar-refractivity contribution is 0.00190. The molecule has 0 spiro atoms. The Hall–Kier alpha value is -0.820. The summed E-state index contributed by atoms with van der Waals surface area (Å²) in [6.45, 7) is 5.81. The summed E-state index contributed by atoms with van der Waals surface area (Å²) < 4.78 is 28.1. The summed E-state index contributed by atoms with van der Waals surface area (Å²) >= 11 is 0. The first-order valence-electron chi connectivity index (χ1n) is 5.92. The van der Waals surface area contributed by atoms with E-state index >= 15 is 0 Å². The molecule has 1 rings (SSSR count). The molecule has 0 unspecified atom stereocenters. The second-order valence-electron chi connectivity index (χ2n) is 5.59. The van der Waals surface area contributed by atoms with Crippen LogP contribution in [0.4, 0.5) is 4.79 Å². The lowest BCUT2D eigenvalue weighted by atomic mass is 10.0. The molecule has 1 amide bonds. The van der Waals surface area contributed by atoms with Gasteiger partial charge in [-0.2, -0.15) is 0 Å². The summed E-state index contributed by atoms with van der Waals surface area (Å²) in [6, 6.07) is 0. The third-order valence-corrected chi connectivity index (χ3v) is 4.28. The fraction of sp³-hybridized carbons (Fsp3) is 0.909. The van der Waals surface area contributed by atoms with Crippen molar-refractivity contribution in [2.24, 2.45) is 5.92 Å². The maximum absolute atomic E-state index is 11.6. The number of aliphatic hydroxyl groups excluding tert-OH is 1. The van der Waals surface area contributed by atoms with Crippen LogP contribution in [0, 0.1) is 5.92 Å². The molecule has 0 aromatic carbocycles. The minimum atomic E-state index is -3.20. The number of nitrogens with zero attached hydrogens (tertiary/aromatic N) is 1. The Labute approximate surface area is 108 Å². The van der Waals surface area contributed by atoms with E-state index in [0.29, 0.717) is 13.1 Å². The van der Waals surface area contributed by atoms with Gasteiger partial charge in [-0.1, -0.05) is 0 Å². The Bertz CT molecular complexity index is 392. The summed E-state index contributed by atoms with van der Waals surface area (Å²) in [5.74, 6) is -0.239. The van der Waals surface area contributed by atoms with Gasteiger partial charge in [0.1, 0.15) is 5.60 Å². The molecule has 1 fully saturated rings. The maximum atomic E-state index is 11.6. The van der Waals surface area contributed by atoms with Crippen LogP contribution in [-0.2, 0) is 14.6 Å². The SMILES string of the molecule is CC(C)(C)OC(=O)N1CC(CS(=O)(=O)CCO)C1. The fourth-order valence-corrected chi connectivity index (χ4v) is 3.11. The Kier molecular flexibility index (Phi) is 4.61. The molecule has 6 nitrogen and oxygen atoms in total. The van der Waals surface area contributed by atoms with E-state index in [-0.39, 0.29) is 24.0 Å². The second-order valence-corrected chi connectivity index (χ2v) is 7.82. The smallest absolute Gasteiger partial charge is 0.410 e. The van der Waals surface area contributed by atoms with Gasteiger partial charge in [0.15, 0.2) is 9.84 Å². The molecule has 1 aliphatic heterocycles. The first-order chi connectivity index (χ1) is 8.13. The largest absolute Gasteiger partial charge is 0.444 e. The zero-order valence-electron chi connectivity index (χ0n) is 11.0. The zero-order valence-corrected chi connectivity index (χ0v) is 11.9. The summed E-state index contributed by atoms with van der Waals surface area (Å²) in [5.41, 5.74) is -0.537. The van der Waals surface area contributed by atoms with E-state index in [9.17, 15) is 13.2 Å². The molecular formula is C11H21NO5S. The van der Waals surface area contributed by atoms with Gasteiger partial charge in [-0.15, -0.1) is 0 Å². The lowest BCUT2D eigenvalue weighted by Crippen LogP contribution is -2.53. The Balaban J connectivity index is 2.34. The van der Waals surface area contributed by atoms with Gasteiger partial charge in [-0.25, -0.2) is 13.2 Å². The van der Waals surface area contributed by atoms with Crippen LogP contribution < -0.4 is 0 Å². The lowest BCUT2D eigenvalue weighted by Gasteiger charge is -2.39. The van der Waals surface area contributed by atoms with Gasteiger partial charge in [-0.05, 0) is 20.8 Å². The number of likely N-dealkylation sites (tertiary alicyclic amines) is 1. The van der Waals surface area contributed by atoms with E-state index in [4.69, 9.17) is 9.84 Å². The molecule has 0 atom stereocenters. The van der Waals surface area contributed by atoms with Crippen LogP contribution in [0.15, 0.2) is 0 Å². The van der Waals surface area contributed by atoms with Gasteiger partial charge in [0.2, 0.25) is 0 Å². The predicted octanol–water partition coefficient (Wildman–Crippen LogP) is 0.260. The second kappa shape index (κ2) is 5.44. The first-order valence-corrected chi connectivity index (χ1v) is 7.74. The van der Waals surface area contributed by atoms with Gasteiger partial charge >= 0.3 is 6.09 Å². The van der Waals surface area contributed by atoms with E-state index in [1.165, 1.54) is 4.90 Å². The molecule has 7 heteroatoms. The standard InChI is InChI=1S/C11H21NO5S/c1-11(2,3)17-10(14)12-6-9(7-12)8-18(15,16)5-4-13/h9,13H,4-8H2,1-3H3. The Morgan fingerprint density at radius 2 is 1.94 bits per heavy atom. The molecule has 0 bridgehead atoms. The highest BCUT2D eigenvalue weighted by Gasteiger charge is 2.35. The maximum Gasteiger partial charge on any atom is 0.410 e. The molecule has 0 radical (unpaired) electrons. The molecule has 0 aromatic heterocycles. The molecule has 106 valence electrons. The third-order valence-electron chi connectivity index (χ3n) is 2.50. The van der Waals surface area contributed by atoms with Crippen molar-refractivity contribution in [1.82, 2.24) is 4.90 Å². The number of carbonyl (C=O) groups is 1. The Morgan fingerprint density at radius 3 is 2.39 bits per heavy atom. The molecular weight excluding hydrogens is 258 g/mol. The van der Waals surface area contributed by atoms with Crippen molar-refractivity contribution in [3.63, 3.8) is 0 Å². The minimum absolute atomic E-state index is 0.0207. The number of aliphatic hydroxyl groups is 1. The fourth-order valence-electron chi connectivity index (χ4n) is 1.73. The van der Waals surface area contributed by atoms with Crippen molar-refractivity contribution in [1.29, 1.82) is 0 Å². The van der Waals surface area contributed by atoms with Crippen molar-refractivity contribution < 1.29 is 23.1 Å². The molecule has 1 heterocycles. The summed E-state index contributed by atoms with van der Waals surface area (Å²) in [4.78, 5) is 13.1. The molecule has 1 aliphatic rings. The molecule has 1 N–H and O–H groups in total. The molecule has 1 saturated heterocycles. The summed E-state index contributed by atoms with van der Waals surface area (Å²) in [7, 11) is -3.20. The number of carbonyl (C=O) groups excluding carboxylic acids is 1. The van der Waals surface area contributed by atoms with Crippen LogP contribution in [-0.4, -0.2) is 61.3 Å².